The minimum Gasteiger partial charge on any atom is -0.357 e. The molecule has 24 heavy (non-hydrogen) atoms. The van der Waals surface area contributed by atoms with Crippen molar-refractivity contribution in [2.45, 2.75) is 47.0 Å². The zero-order valence-electron chi connectivity index (χ0n) is 15.5. The van der Waals surface area contributed by atoms with Crippen molar-refractivity contribution in [2.75, 3.05) is 38.5 Å². The summed E-state index contributed by atoms with van der Waals surface area (Å²) in [4.78, 5) is 6.99. The largest absolute Gasteiger partial charge is 0.357 e. The Morgan fingerprint density at radius 1 is 1.33 bits per heavy atom. The topological polar surface area (TPSA) is 73.8 Å². The molecule has 0 aromatic heterocycles. The van der Waals surface area contributed by atoms with Gasteiger partial charge < -0.3 is 10.2 Å². The summed E-state index contributed by atoms with van der Waals surface area (Å²) in [6.45, 7) is 12.4. The molecule has 1 rings (SSSR count). The molecule has 0 spiro atoms. The lowest BCUT2D eigenvalue weighted by atomic mass is 9.97. The van der Waals surface area contributed by atoms with Gasteiger partial charge in [-0.05, 0) is 44.9 Å². The van der Waals surface area contributed by atoms with Crippen molar-refractivity contribution in [3.8, 4) is 0 Å². The smallest absolute Gasteiger partial charge is 0.211 e. The lowest BCUT2D eigenvalue weighted by Gasteiger charge is -2.22. The van der Waals surface area contributed by atoms with Crippen LogP contribution in [0.2, 0.25) is 0 Å². The summed E-state index contributed by atoms with van der Waals surface area (Å²) in [5, 5.41) is 3.35. The average Bonchev–Trinajstić information content (AvgIpc) is 2.93. The number of nitrogens with one attached hydrogen (secondary N) is 2. The molecule has 0 aromatic rings. The zero-order valence-corrected chi connectivity index (χ0v) is 18.7. The van der Waals surface area contributed by atoms with Gasteiger partial charge >= 0.3 is 0 Å². The first-order valence-electron chi connectivity index (χ1n) is 8.88. The van der Waals surface area contributed by atoms with E-state index >= 15 is 0 Å². The van der Waals surface area contributed by atoms with E-state index in [0.717, 1.165) is 43.9 Å². The minimum atomic E-state index is -3.09. The maximum absolute atomic E-state index is 11.4. The molecule has 1 aliphatic rings. The molecule has 0 saturated carbocycles. The number of aliphatic imine (C=N–C) groups is 1. The van der Waals surface area contributed by atoms with E-state index in [4.69, 9.17) is 0 Å². The quantitative estimate of drug-likeness (QED) is 0.233. The number of halogens is 1. The molecule has 6 nitrogen and oxygen atoms in total. The van der Waals surface area contributed by atoms with Gasteiger partial charge in [-0.3, -0.25) is 4.99 Å². The molecule has 2 N–H and O–H groups in total. The van der Waals surface area contributed by atoms with Crippen molar-refractivity contribution in [3.05, 3.63) is 0 Å². The Morgan fingerprint density at radius 3 is 2.62 bits per heavy atom. The fraction of sp³-hybridized carbons (Fsp3) is 0.938. The molecule has 1 saturated heterocycles. The Bertz CT molecular complexity index is 469. The Labute approximate surface area is 165 Å². The van der Waals surface area contributed by atoms with E-state index in [2.05, 4.69) is 40.7 Å². The van der Waals surface area contributed by atoms with Crippen molar-refractivity contribution in [3.63, 3.8) is 0 Å². The molecule has 0 bridgehead atoms. The first-order chi connectivity index (χ1) is 10.9. The van der Waals surface area contributed by atoms with Gasteiger partial charge in [0.1, 0.15) is 0 Å². The lowest BCUT2D eigenvalue weighted by molar-refractivity contribution is 0.403. The number of sulfonamides is 1. The summed E-state index contributed by atoms with van der Waals surface area (Å²) in [5.74, 6) is 2.60. The van der Waals surface area contributed by atoms with Gasteiger partial charge in [0.25, 0.3) is 0 Å². The molecule has 8 heteroatoms. The van der Waals surface area contributed by atoms with Gasteiger partial charge in [0.15, 0.2) is 5.96 Å². The standard InChI is InChI=1S/C16H34N4O2S.HI/c1-5-17-16(18-9-7-10-19-23(21,22)6-2)20-11-8-15(13-20)12-14(3)4;/h14-15,19H,5-13H2,1-4H3,(H,17,18);1H. The number of guanidine groups is 1. The minimum absolute atomic E-state index is 0. The van der Waals surface area contributed by atoms with Gasteiger partial charge in [0.2, 0.25) is 10.0 Å². The molecule has 144 valence electrons. The molecule has 1 fully saturated rings. The van der Waals surface area contributed by atoms with Crippen LogP contribution in [-0.2, 0) is 10.0 Å². The van der Waals surface area contributed by atoms with Crippen molar-refractivity contribution in [2.24, 2.45) is 16.8 Å². The third-order valence-corrected chi connectivity index (χ3v) is 5.43. The molecule has 0 aromatic carbocycles. The number of nitrogens with zero attached hydrogens (tertiary/aromatic N) is 2. The normalized spacial score (nSPS) is 18.8. The second-order valence-electron chi connectivity index (χ2n) is 6.62. The van der Waals surface area contributed by atoms with E-state index in [9.17, 15) is 8.42 Å². The van der Waals surface area contributed by atoms with Crippen LogP contribution < -0.4 is 10.0 Å². The van der Waals surface area contributed by atoms with Gasteiger partial charge in [0, 0.05) is 32.7 Å². The second kappa shape index (κ2) is 12.3. The van der Waals surface area contributed by atoms with Crippen molar-refractivity contribution in [1.29, 1.82) is 0 Å². The summed E-state index contributed by atoms with van der Waals surface area (Å²) >= 11 is 0. The first-order valence-corrected chi connectivity index (χ1v) is 10.5. The van der Waals surface area contributed by atoms with Crippen molar-refractivity contribution in [1.82, 2.24) is 14.9 Å². The summed E-state index contributed by atoms with van der Waals surface area (Å²) in [5.41, 5.74) is 0. The molecule has 0 aliphatic carbocycles. The van der Waals surface area contributed by atoms with Crippen LogP contribution in [0.5, 0.6) is 0 Å². The fourth-order valence-corrected chi connectivity index (χ4v) is 3.56. The van der Waals surface area contributed by atoms with Crippen LogP contribution >= 0.6 is 24.0 Å². The molecule has 1 atom stereocenters. The monoisotopic (exact) mass is 474 g/mol. The van der Waals surface area contributed by atoms with Crippen molar-refractivity contribution >= 4 is 40.0 Å². The van der Waals surface area contributed by atoms with E-state index in [1.807, 2.05) is 0 Å². The third-order valence-electron chi connectivity index (χ3n) is 4.02. The molecular weight excluding hydrogens is 439 g/mol. The van der Waals surface area contributed by atoms with E-state index in [1.54, 1.807) is 6.92 Å². The first kappa shape index (κ1) is 23.9. The maximum Gasteiger partial charge on any atom is 0.211 e. The summed E-state index contributed by atoms with van der Waals surface area (Å²) < 4.78 is 25.3. The van der Waals surface area contributed by atoms with E-state index in [1.165, 1.54) is 12.8 Å². The van der Waals surface area contributed by atoms with E-state index in [-0.39, 0.29) is 29.7 Å². The van der Waals surface area contributed by atoms with Crippen LogP contribution in [0.1, 0.15) is 47.0 Å². The predicted molar refractivity (Wildman–Crippen MR) is 113 cm³/mol. The van der Waals surface area contributed by atoms with Crippen LogP contribution in [0, 0.1) is 11.8 Å². The summed E-state index contributed by atoms with van der Waals surface area (Å²) in [6.07, 6.45) is 3.23. The zero-order chi connectivity index (χ0) is 17.3. The highest BCUT2D eigenvalue weighted by Crippen LogP contribution is 2.23. The molecule has 0 amide bonds. The van der Waals surface area contributed by atoms with Gasteiger partial charge in [-0.2, -0.15) is 0 Å². The summed E-state index contributed by atoms with van der Waals surface area (Å²) in [6, 6.07) is 0. The average molecular weight is 474 g/mol. The Hall–Kier alpha value is -0.0900. The van der Waals surface area contributed by atoms with Gasteiger partial charge in [-0.25, -0.2) is 13.1 Å². The molecule has 1 unspecified atom stereocenters. The number of hydrogen-bond donors (Lipinski definition) is 2. The van der Waals surface area contributed by atoms with Gasteiger partial charge in [0.05, 0.1) is 5.75 Å². The second-order valence-corrected chi connectivity index (χ2v) is 8.71. The number of rotatable bonds is 9. The van der Waals surface area contributed by atoms with E-state index in [0.29, 0.717) is 13.1 Å². The Balaban J connectivity index is 0.00000529. The Kier molecular flexibility index (Phi) is 12.2. The fourth-order valence-electron chi connectivity index (χ4n) is 2.90. The van der Waals surface area contributed by atoms with Gasteiger partial charge in [-0.1, -0.05) is 13.8 Å². The van der Waals surface area contributed by atoms with E-state index < -0.39 is 10.0 Å². The highest BCUT2D eigenvalue weighted by molar-refractivity contribution is 14.0. The van der Waals surface area contributed by atoms with Crippen LogP contribution in [0.25, 0.3) is 0 Å². The van der Waals surface area contributed by atoms with Crippen LogP contribution in [0.15, 0.2) is 4.99 Å². The Morgan fingerprint density at radius 2 is 2.04 bits per heavy atom. The third kappa shape index (κ3) is 9.41. The van der Waals surface area contributed by atoms with Crippen LogP contribution in [0.3, 0.4) is 0 Å². The lowest BCUT2D eigenvalue weighted by Crippen LogP contribution is -2.40. The molecule has 0 radical (unpaired) electrons. The number of hydrogen-bond acceptors (Lipinski definition) is 3. The predicted octanol–water partition coefficient (Wildman–Crippen LogP) is 2.27. The maximum atomic E-state index is 11.4. The highest BCUT2D eigenvalue weighted by atomic mass is 127. The summed E-state index contributed by atoms with van der Waals surface area (Å²) in [7, 11) is -3.09. The van der Waals surface area contributed by atoms with Crippen LogP contribution in [-0.4, -0.2) is 57.8 Å². The van der Waals surface area contributed by atoms with Gasteiger partial charge in [-0.15, -0.1) is 24.0 Å². The molecular formula is C16H35IN4O2S. The van der Waals surface area contributed by atoms with Crippen LogP contribution in [0.4, 0.5) is 0 Å². The van der Waals surface area contributed by atoms with Crippen molar-refractivity contribution < 1.29 is 8.42 Å². The highest BCUT2D eigenvalue weighted by Gasteiger charge is 2.25. The molecule has 1 aliphatic heterocycles. The number of likely N-dealkylation sites (tertiary alicyclic amines) is 1. The molecule has 1 heterocycles. The SMILES string of the molecule is CCNC(=NCCCNS(=O)(=O)CC)N1CCC(CC(C)C)C1.I.